The summed E-state index contributed by atoms with van der Waals surface area (Å²) in [4.78, 5) is 18.5. The zero-order chi connectivity index (χ0) is 18.4. The van der Waals surface area contributed by atoms with Gasteiger partial charge in [-0.2, -0.15) is 18.3 Å². The number of pyridine rings is 1. The number of likely N-dealkylation sites (tertiary alicyclic amines) is 1. The highest BCUT2D eigenvalue weighted by molar-refractivity contribution is 5.85. The largest absolute Gasteiger partial charge is 0.417 e. The Balaban J connectivity index is 1.95. The molecule has 1 aliphatic heterocycles. The van der Waals surface area contributed by atoms with Crippen LogP contribution in [0.3, 0.4) is 0 Å². The summed E-state index contributed by atoms with van der Waals surface area (Å²) in [5, 5.41) is 4.13. The van der Waals surface area contributed by atoms with E-state index in [-0.39, 0.29) is 34.9 Å². The molecular weight excluding hydrogens is 333 g/mol. The molecule has 0 aliphatic carbocycles. The van der Waals surface area contributed by atoms with Gasteiger partial charge < -0.3 is 4.90 Å². The SMILES string of the molecule is Cc1cc(C(F)(F)F)c2c(C)nn(CC(=O)N3CCC(C)CC3)c2n1. The maximum Gasteiger partial charge on any atom is 0.417 e. The number of alkyl halides is 3. The second-order valence-electron chi connectivity index (χ2n) is 6.81. The molecule has 0 atom stereocenters. The van der Waals surface area contributed by atoms with E-state index in [4.69, 9.17) is 0 Å². The number of amides is 1. The number of hydrogen-bond acceptors (Lipinski definition) is 3. The van der Waals surface area contributed by atoms with Crippen LogP contribution in [0.4, 0.5) is 13.2 Å². The van der Waals surface area contributed by atoms with Crippen LogP contribution in [0.5, 0.6) is 0 Å². The number of carbonyl (C=O) groups excluding carboxylic acids is 1. The van der Waals surface area contributed by atoms with Crippen molar-refractivity contribution in [2.75, 3.05) is 13.1 Å². The van der Waals surface area contributed by atoms with Crippen LogP contribution in [0.25, 0.3) is 11.0 Å². The third kappa shape index (κ3) is 3.48. The summed E-state index contributed by atoms with van der Waals surface area (Å²) in [6, 6.07) is 1.02. The number of fused-ring (bicyclic) bond motifs is 1. The molecule has 0 radical (unpaired) electrons. The highest BCUT2D eigenvalue weighted by Gasteiger charge is 2.35. The van der Waals surface area contributed by atoms with Gasteiger partial charge in [0, 0.05) is 18.8 Å². The highest BCUT2D eigenvalue weighted by atomic mass is 19.4. The molecule has 5 nitrogen and oxygen atoms in total. The molecule has 0 N–H and O–H groups in total. The molecule has 1 aliphatic rings. The van der Waals surface area contributed by atoms with Crippen molar-refractivity contribution in [3.8, 4) is 0 Å². The van der Waals surface area contributed by atoms with Crippen molar-refractivity contribution in [2.24, 2.45) is 5.92 Å². The average molecular weight is 354 g/mol. The minimum Gasteiger partial charge on any atom is -0.341 e. The maximum atomic E-state index is 13.3. The first kappa shape index (κ1) is 17.7. The van der Waals surface area contributed by atoms with Crippen molar-refractivity contribution in [3.63, 3.8) is 0 Å². The van der Waals surface area contributed by atoms with Gasteiger partial charge >= 0.3 is 6.18 Å². The summed E-state index contributed by atoms with van der Waals surface area (Å²) in [6.07, 6.45) is -2.60. The Kier molecular flexibility index (Phi) is 4.47. The number of aromatic nitrogens is 3. The highest BCUT2D eigenvalue weighted by Crippen LogP contribution is 2.36. The molecule has 0 saturated carbocycles. The van der Waals surface area contributed by atoms with Crippen LogP contribution in [0, 0.1) is 19.8 Å². The molecule has 3 rings (SSSR count). The average Bonchev–Trinajstić information content (AvgIpc) is 2.82. The first-order chi connectivity index (χ1) is 11.7. The zero-order valence-corrected chi connectivity index (χ0v) is 14.5. The number of piperidine rings is 1. The van der Waals surface area contributed by atoms with E-state index < -0.39 is 11.7 Å². The monoisotopic (exact) mass is 354 g/mol. The standard InChI is InChI=1S/C17H21F3N4O/c1-10-4-6-23(7-5-10)14(25)9-24-16-15(12(3)22-24)13(17(18,19)20)8-11(2)21-16/h8,10H,4-7,9H2,1-3H3. The first-order valence-electron chi connectivity index (χ1n) is 8.36. The van der Waals surface area contributed by atoms with Crippen molar-refractivity contribution in [1.82, 2.24) is 19.7 Å². The van der Waals surface area contributed by atoms with Crippen molar-refractivity contribution < 1.29 is 18.0 Å². The van der Waals surface area contributed by atoms with E-state index in [0.29, 0.717) is 19.0 Å². The summed E-state index contributed by atoms with van der Waals surface area (Å²) in [6.45, 7) is 6.44. The molecule has 0 spiro atoms. The molecule has 25 heavy (non-hydrogen) atoms. The molecule has 1 fully saturated rings. The number of rotatable bonds is 2. The fourth-order valence-corrected chi connectivity index (χ4v) is 3.30. The Morgan fingerprint density at radius 2 is 1.92 bits per heavy atom. The van der Waals surface area contributed by atoms with E-state index in [9.17, 15) is 18.0 Å². The molecule has 0 aromatic carbocycles. The van der Waals surface area contributed by atoms with E-state index in [1.807, 2.05) is 0 Å². The van der Waals surface area contributed by atoms with Crippen LogP contribution in [0.15, 0.2) is 6.07 Å². The molecule has 2 aromatic heterocycles. The van der Waals surface area contributed by atoms with Crippen molar-refractivity contribution in [2.45, 2.75) is 46.3 Å². The smallest absolute Gasteiger partial charge is 0.341 e. The fourth-order valence-electron chi connectivity index (χ4n) is 3.30. The minimum atomic E-state index is -4.49. The topological polar surface area (TPSA) is 51.0 Å². The Morgan fingerprint density at radius 1 is 1.28 bits per heavy atom. The zero-order valence-electron chi connectivity index (χ0n) is 14.5. The lowest BCUT2D eigenvalue weighted by Gasteiger charge is -2.30. The van der Waals surface area contributed by atoms with Gasteiger partial charge in [-0.05, 0) is 38.7 Å². The molecule has 1 saturated heterocycles. The summed E-state index contributed by atoms with van der Waals surface area (Å²) >= 11 is 0. The number of halogens is 3. The molecule has 0 unspecified atom stereocenters. The molecule has 136 valence electrons. The third-order valence-electron chi connectivity index (χ3n) is 4.73. The normalized spacial score (nSPS) is 16.6. The van der Waals surface area contributed by atoms with Gasteiger partial charge in [-0.3, -0.25) is 4.79 Å². The second-order valence-corrected chi connectivity index (χ2v) is 6.81. The number of aryl methyl sites for hydroxylation is 2. The molecule has 2 aromatic rings. The summed E-state index contributed by atoms with van der Waals surface area (Å²) in [5.41, 5.74) is -0.156. The number of carbonyl (C=O) groups is 1. The van der Waals surface area contributed by atoms with Crippen LogP contribution in [0.1, 0.15) is 36.7 Å². The predicted molar refractivity (Wildman–Crippen MR) is 87.0 cm³/mol. The van der Waals surface area contributed by atoms with Crippen LogP contribution in [0.2, 0.25) is 0 Å². The van der Waals surface area contributed by atoms with Gasteiger partial charge in [-0.15, -0.1) is 0 Å². The van der Waals surface area contributed by atoms with Gasteiger partial charge in [0.1, 0.15) is 6.54 Å². The Hall–Kier alpha value is -2.12. The predicted octanol–water partition coefficient (Wildman–Crippen LogP) is 3.33. The van der Waals surface area contributed by atoms with Crippen molar-refractivity contribution in [1.29, 1.82) is 0 Å². The fraction of sp³-hybridized carbons (Fsp3) is 0.588. The van der Waals surface area contributed by atoms with Gasteiger partial charge in [-0.1, -0.05) is 6.92 Å². The van der Waals surface area contributed by atoms with Gasteiger partial charge in [0.2, 0.25) is 5.91 Å². The Morgan fingerprint density at radius 3 is 2.52 bits per heavy atom. The van der Waals surface area contributed by atoms with E-state index in [0.717, 1.165) is 18.9 Å². The van der Waals surface area contributed by atoms with Crippen LogP contribution in [-0.4, -0.2) is 38.7 Å². The summed E-state index contributed by atoms with van der Waals surface area (Å²) in [5.74, 6) is 0.462. The molecular formula is C17H21F3N4O. The van der Waals surface area contributed by atoms with E-state index >= 15 is 0 Å². The number of hydrogen-bond donors (Lipinski definition) is 0. The van der Waals surface area contributed by atoms with Crippen LogP contribution >= 0.6 is 0 Å². The van der Waals surface area contributed by atoms with Gasteiger partial charge in [0.15, 0.2) is 5.65 Å². The second kappa shape index (κ2) is 6.31. The van der Waals surface area contributed by atoms with Crippen molar-refractivity contribution >= 4 is 16.9 Å². The lowest BCUT2D eigenvalue weighted by molar-refractivity contribution is -0.136. The maximum absolute atomic E-state index is 13.3. The minimum absolute atomic E-state index is 0.0295. The van der Waals surface area contributed by atoms with E-state index in [2.05, 4.69) is 17.0 Å². The molecule has 1 amide bonds. The van der Waals surface area contributed by atoms with Gasteiger partial charge in [0.05, 0.1) is 16.6 Å². The summed E-state index contributed by atoms with van der Waals surface area (Å²) < 4.78 is 41.3. The first-order valence-corrected chi connectivity index (χ1v) is 8.36. The number of nitrogens with zero attached hydrogens (tertiary/aromatic N) is 4. The van der Waals surface area contributed by atoms with E-state index in [1.54, 1.807) is 4.90 Å². The Bertz CT molecular complexity index is 804. The third-order valence-corrected chi connectivity index (χ3v) is 4.73. The lowest BCUT2D eigenvalue weighted by Crippen LogP contribution is -2.39. The van der Waals surface area contributed by atoms with Crippen molar-refractivity contribution in [3.05, 3.63) is 23.0 Å². The lowest BCUT2D eigenvalue weighted by atomic mass is 9.99. The van der Waals surface area contributed by atoms with Gasteiger partial charge in [-0.25, -0.2) is 9.67 Å². The summed E-state index contributed by atoms with van der Waals surface area (Å²) in [7, 11) is 0. The molecule has 0 bridgehead atoms. The van der Waals surface area contributed by atoms with Gasteiger partial charge in [0.25, 0.3) is 0 Å². The molecule has 3 heterocycles. The van der Waals surface area contributed by atoms with Crippen LogP contribution < -0.4 is 0 Å². The Labute approximate surface area is 143 Å². The van der Waals surface area contributed by atoms with E-state index in [1.165, 1.54) is 18.5 Å². The molecule has 8 heteroatoms. The van der Waals surface area contributed by atoms with Crippen LogP contribution in [-0.2, 0) is 17.5 Å². The quantitative estimate of drug-likeness (QED) is 0.831.